The molecule has 0 aliphatic carbocycles. The van der Waals surface area contributed by atoms with Crippen LogP contribution in [0.3, 0.4) is 0 Å². The van der Waals surface area contributed by atoms with E-state index in [1.54, 1.807) is 13.8 Å². The summed E-state index contributed by atoms with van der Waals surface area (Å²) in [6.07, 6.45) is -3.40. The molecule has 0 rings (SSSR count). The minimum Gasteiger partial charge on any atom is -0.481 e. The lowest BCUT2D eigenvalue weighted by Crippen LogP contribution is -2.61. The average molecular weight is 861 g/mol. The smallest absolute Gasteiger partial charge is 0.326 e. The maximum atomic E-state index is 13.5. The zero-order chi connectivity index (χ0) is 46.3. The lowest BCUT2D eigenvalue weighted by molar-refractivity contribution is -0.143. The Balaban J connectivity index is 6.17. The Morgan fingerprint density at radius 1 is 0.567 bits per heavy atom. The number of aliphatic imine (C=N–C) groups is 2. The highest BCUT2D eigenvalue weighted by Gasteiger charge is 2.35. The Morgan fingerprint density at radius 3 is 1.45 bits per heavy atom. The van der Waals surface area contributed by atoms with Gasteiger partial charge in [0.15, 0.2) is 11.9 Å². The van der Waals surface area contributed by atoms with Crippen LogP contribution in [0.4, 0.5) is 0 Å². The fraction of sp³-hybridized carbons (Fsp3) is 0.667. The minimum absolute atomic E-state index is 0.00628. The van der Waals surface area contributed by atoms with Gasteiger partial charge in [-0.1, -0.05) is 13.8 Å². The topological polar surface area (TPSA) is 488 Å². The van der Waals surface area contributed by atoms with Crippen LogP contribution in [0.15, 0.2) is 9.98 Å². The van der Waals surface area contributed by atoms with Gasteiger partial charge in [-0.05, 0) is 44.9 Å². The van der Waals surface area contributed by atoms with Crippen molar-refractivity contribution in [3.63, 3.8) is 0 Å². The standard InChI is InChI=1S/C33H60N14O13/c1-14(2)10-19(28(56)47-24(15(3)49)30(58)43-18(31(59)60)7-5-9-41-33(38)39)44-27(55)20(12-22(35)50)45-29(57)21(13-48)46-26(54)17(6-4-8-40-32(36)37)42-25(53)16(34)11-23(51)52/h14-21,24,48-49H,4-13,34H2,1-3H3,(H2,35,50)(H,42,53)(H,43,58)(H,44,55)(H,45,57)(H,46,54)(H,47,56)(H,51,52)(H,59,60)(H4,36,37,40)(H4,38,39,41)/t15-,16+,17+,18+,19+,20+,21+,24+/m1/s1. The van der Waals surface area contributed by atoms with Crippen LogP contribution in [0.5, 0.6) is 0 Å². The monoisotopic (exact) mass is 860 g/mol. The number of primary amides is 1. The number of carbonyl (C=O) groups is 9. The van der Waals surface area contributed by atoms with E-state index in [4.69, 9.17) is 39.5 Å². The van der Waals surface area contributed by atoms with E-state index in [2.05, 4.69) is 41.9 Å². The van der Waals surface area contributed by atoms with Crippen LogP contribution in [0.2, 0.25) is 0 Å². The molecule has 0 fully saturated rings. The number of nitrogens with one attached hydrogen (secondary N) is 6. The van der Waals surface area contributed by atoms with Gasteiger partial charge in [0.05, 0.1) is 31.6 Å². The van der Waals surface area contributed by atoms with Gasteiger partial charge in [0.2, 0.25) is 41.4 Å². The average Bonchev–Trinajstić information content (AvgIpc) is 3.12. The lowest BCUT2D eigenvalue weighted by Gasteiger charge is -2.28. The second-order valence-corrected chi connectivity index (χ2v) is 14.0. The predicted molar refractivity (Wildman–Crippen MR) is 211 cm³/mol. The number of nitrogens with two attached hydrogens (primary N) is 6. The molecule has 27 nitrogen and oxygen atoms in total. The number of aliphatic carboxylic acids is 2. The molecular weight excluding hydrogens is 800 g/mol. The fourth-order valence-electron chi connectivity index (χ4n) is 5.14. The molecule has 0 aliphatic rings. The van der Waals surface area contributed by atoms with Crippen molar-refractivity contribution in [2.24, 2.45) is 50.3 Å². The first-order chi connectivity index (χ1) is 27.9. The molecule has 0 saturated carbocycles. The molecule has 0 saturated heterocycles. The van der Waals surface area contributed by atoms with E-state index in [0.717, 1.165) is 6.92 Å². The first-order valence-electron chi connectivity index (χ1n) is 18.6. The summed E-state index contributed by atoms with van der Waals surface area (Å²) >= 11 is 0. The van der Waals surface area contributed by atoms with Gasteiger partial charge < -0.3 is 86.7 Å². The third-order valence-electron chi connectivity index (χ3n) is 8.13. The number of aliphatic hydroxyl groups is 2. The van der Waals surface area contributed by atoms with Gasteiger partial charge in [-0.2, -0.15) is 0 Å². The number of aliphatic hydroxyl groups excluding tert-OH is 2. The highest BCUT2D eigenvalue weighted by atomic mass is 16.4. The molecule has 340 valence electrons. The molecule has 0 bridgehead atoms. The Bertz CT molecular complexity index is 1570. The molecule has 0 aromatic rings. The Hall–Kier alpha value is -6.35. The first kappa shape index (κ1) is 53.6. The van der Waals surface area contributed by atoms with Crippen molar-refractivity contribution in [1.82, 2.24) is 31.9 Å². The SMILES string of the molecule is CC(C)C[C@H](NC(=O)[C@H](CC(N)=O)NC(=O)[C@H](CO)NC(=O)[C@H](CCCN=C(N)N)NC(=O)[C@@H](N)CC(=O)O)C(=O)N[C@H](C(=O)N[C@@H](CCCN=C(N)N)C(=O)O)[C@@H](C)O. The van der Waals surface area contributed by atoms with Crippen LogP contribution in [-0.4, -0.2) is 154 Å². The number of amides is 7. The van der Waals surface area contributed by atoms with Crippen LogP contribution in [0, 0.1) is 5.92 Å². The summed E-state index contributed by atoms with van der Waals surface area (Å²) in [5.74, 6) is -11.4. The van der Waals surface area contributed by atoms with E-state index < -0.39 is 121 Å². The largest absolute Gasteiger partial charge is 0.481 e. The molecule has 8 atom stereocenters. The van der Waals surface area contributed by atoms with Crippen molar-refractivity contribution in [3.8, 4) is 0 Å². The quantitative estimate of drug-likeness (QED) is 0.0189. The molecule has 7 amide bonds. The van der Waals surface area contributed by atoms with Crippen molar-refractivity contribution >= 4 is 65.2 Å². The minimum atomic E-state index is -1.83. The van der Waals surface area contributed by atoms with Gasteiger partial charge in [0, 0.05) is 13.1 Å². The molecule has 60 heavy (non-hydrogen) atoms. The summed E-state index contributed by atoms with van der Waals surface area (Å²) in [5.41, 5.74) is 32.0. The molecule has 0 aliphatic heterocycles. The third kappa shape index (κ3) is 22.0. The maximum Gasteiger partial charge on any atom is 0.326 e. The highest BCUT2D eigenvalue weighted by Crippen LogP contribution is 2.09. The van der Waals surface area contributed by atoms with Crippen LogP contribution in [0.25, 0.3) is 0 Å². The number of carboxylic acid groups (broad SMARTS) is 2. The van der Waals surface area contributed by atoms with E-state index in [-0.39, 0.29) is 63.0 Å². The molecule has 0 heterocycles. The molecule has 0 unspecified atom stereocenters. The Labute approximate surface area is 344 Å². The zero-order valence-electron chi connectivity index (χ0n) is 33.6. The highest BCUT2D eigenvalue weighted by molar-refractivity contribution is 5.98. The van der Waals surface area contributed by atoms with Gasteiger partial charge in [-0.3, -0.25) is 48.3 Å². The summed E-state index contributed by atoms with van der Waals surface area (Å²) in [6.45, 7) is 3.43. The summed E-state index contributed by atoms with van der Waals surface area (Å²) in [6, 6.07) is -11.4. The normalized spacial score (nSPS) is 14.8. The van der Waals surface area contributed by atoms with Gasteiger partial charge in [-0.15, -0.1) is 0 Å². The van der Waals surface area contributed by atoms with Gasteiger partial charge >= 0.3 is 11.9 Å². The van der Waals surface area contributed by atoms with Crippen LogP contribution < -0.4 is 66.3 Å². The Morgan fingerprint density at radius 2 is 1.00 bits per heavy atom. The molecule has 22 N–H and O–H groups in total. The first-order valence-corrected chi connectivity index (χ1v) is 18.6. The van der Waals surface area contributed by atoms with E-state index in [0.29, 0.717) is 0 Å². The van der Waals surface area contributed by atoms with Crippen molar-refractivity contribution in [3.05, 3.63) is 0 Å². The third-order valence-corrected chi connectivity index (χ3v) is 8.13. The number of hydrogen-bond donors (Lipinski definition) is 16. The molecular formula is C33H60N14O13. The molecule has 0 aromatic heterocycles. The molecule has 0 radical (unpaired) electrons. The zero-order valence-corrected chi connectivity index (χ0v) is 33.6. The van der Waals surface area contributed by atoms with Crippen LogP contribution >= 0.6 is 0 Å². The van der Waals surface area contributed by atoms with Crippen molar-refractivity contribution in [1.29, 1.82) is 0 Å². The number of carbonyl (C=O) groups excluding carboxylic acids is 7. The van der Waals surface area contributed by atoms with Crippen LogP contribution in [0.1, 0.15) is 65.7 Å². The second kappa shape index (κ2) is 27.4. The van der Waals surface area contributed by atoms with E-state index >= 15 is 0 Å². The fourth-order valence-corrected chi connectivity index (χ4v) is 5.14. The summed E-state index contributed by atoms with van der Waals surface area (Å²) in [7, 11) is 0. The Kier molecular flexibility index (Phi) is 24.5. The number of hydrogen-bond acceptors (Lipinski definition) is 14. The van der Waals surface area contributed by atoms with Crippen molar-refractivity contribution < 1.29 is 63.6 Å². The predicted octanol–water partition coefficient (Wildman–Crippen LogP) is -7.82. The summed E-state index contributed by atoms with van der Waals surface area (Å²) in [5, 5.41) is 52.4. The maximum absolute atomic E-state index is 13.5. The second-order valence-electron chi connectivity index (χ2n) is 14.0. The number of carboxylic acids is 2. The van der Waals surface area contributed by atoms with Crippen LogP contribution in [-0.2, 0) is 43.2 Å². The molecule has 27 heteroatoms. The summed E-state index contributed by atoms with van der Waals surface area (Å²) in [4.78, 5) is 122. The number of guanidine groups is 2. The van der Waals surface area contributed by atoms with E-state index in [9.17, 15) is 58.5 Å². The lowest BCUT2D eigenvalue weighted by atomic mass is 10.0. The van der Waals surface area contributed by atoms with Gasteiger partial charge in [0.1, 0.15) is 36.3 Å². The van der Waals surface area contributed by atoms with Gasteiger partial charge in [-0.25, -0.2) is 4.79 Å². The van der Waals surface area contributed by atoms with Crippen molar-refractivity contribution in [2.45, 2.75) is 114 Å². The molecule has 0 spiro atoms. The van der Waals surface area contributed by atoms with Gasteiger partial charge in [0.25, 0.3) is 0 Å². The molecule has 0 aromatic carbocycles. The van der Waals surface area contributed by atoms with E-state index in [1.165, 1.54) is 0 Å². The van der Waals surface area contributed by atoms with E-state index in [1.807, 2.05) is 0 Å². The van der Waals surface area contributed by atoms with Crippen molar-refractivity contribution in [2.75, 3.05) is 19.7 Å². The number of rotatable bonds is 29. The number of nitrogens with zero attached hydrogens (tertiary/aromatic N) is 2. The summed E-state index contributed by atoms with van der Waals surface area (Å²) < 4.78 is 0.